The lowest BCUT2D eigenvalue weighted by atomic mass is 9.83. The lowest BCUT2D eigenvalue weighted by Crippen LogP contribution is -2.40. The first-order chi connectivity index (χ1) is 17.9. The highest BCUT2D eigenvalue weighted by atomic mass is 28.4. The van der Waals surface area contributed by atoms with E-state index in [0.29, 0.717) is 17.8 Å². The Bertz CT molecular complexity index is 862. The van der Waals surface area contributed by atoms with Crippen LogP contribution in [0, 0.1) is 17.8 Å². The van der Waals surface area contributed by atoms with Gasteiger partial charge in [0.15, 0.2) is 16.6 Å². The van der Waals surface area contributed by atoms with E-state index in [4.69, 9.17) is 13.6 Å². The summed E-state index contributed by atoms with van der Waals surface area (Å²) in [4.78, 5) is 0. The quantitative estimate of drug-likeness (QED) is 0.165. The average molecular weight is 579 g/mol. The molecule has 6 heteroatoms. The normalized spacial score (nSPS) is 28.2. The van der Waals surface area contributed by atoms with Crippen LogP contribution in [0.25, 0.3) is 0 Å². The van der Waals surface area contributed by atoms with E-state index in [1.165, 1.54) is 11.1 Å². The second-order valence-corrected chi connectivity index (χ2v) is 24.3. The Morgan fingerprint density at radius 3 is 2.26 bits per heavy atom. The lowest BCUT2D eigenvalue weighted by Gasteiger charge is -2.35. The summed E-state index contributed by atoms with van der Waals surface area (Å²) in [6, 6.07) is 0. The van der Waals surface area contributed by atoms with Crippen LogP contribution in [-0.2, 0) is 13.6 Å². The highest BCUT2D eigenvalue weighted by Crippen LogP contribution is 2.47. The van der Waals surface area contributed by atoms with E-state index < -0.39 is 16.6 Å². The highest BCUT2D eigenvalue weighted by Gasteiger charge is 2.51. The van der Waals surface area contributed by atoms with E-state index in [2.05, 4.69) is 99.4 Å². The van der Waals surface area contributed by atoms with E-state index >= 15 is 0 Å². The van der Waals surface area contributed by atoms with E-state index in [9.17, 15) is 5.11 Å². The predicted molar refractivity (Wildman–Crippen MR) is 172 cm³/mol. The van der Waals surface area contributed by atoms with Crippen LogP contribution in [0.5, 0.6) is 0 Å². The van der Waals surface area contributed by atoms with Crippen molar-refractivity contribution >= 4 is 16.6 Å². The van der Waals surface area contributed by atoms with Gasteiger partial charge >= 0.3 is 0 Å². The van der Waals surface area contributed by atoms with Crippen molar-refractivity contribution in [2.45, 2.75) is 143 Å². The van der Waals surface area contributed by atoms with Crippen molar-refractivity contribution in [2.24, 2.45) is 17.8 Å². The first kappa shape index (κ1) is 34.7. The third-order valence-corrected chi connectivity index (χ3v) is 14.8. The van der Waals surface area contributed by atoms with Crippen LogP contribution in [0.1, 0.15) is 87.0 Å². The second-order valence-electron chi connectivity index (χ2n) is 15.1. The molecule has 0 amide bonds. The van der Waals surface area contributed by atoms with Gasteiger partial charge < -0.3 is 18.7 Å². The van der Waals surface area contributed by atoms with Crippen molar-refractivity contribution in [3.8, 4) is 0 Å². The molecule has 226 valence electrons. The average Bonchev–Trinajstić information content (AvgIpc) is 3.34. The first-order valence-corrected chi connectivity index (χ1v) is 21.8. The third kappa shape index (κ3) is 11.0. The van der Waals surface area contributed by atoms with Gasteiger partial charge in [-0.2, -0.15) is 0 Å². The van der Waals surface area contributed by atoms with Crippen LogP contribution in [0.4, 0.5) is 0 Å². The summed E-state index contributed by atoms with van der Waals surface area (Å²) >= 11 is 0. The fourth-order valence-electron chi connectivity index (χ4n) is 5.73. The lowest BCUT2D eigenvalue weighted by molar-refractivity contribution is 0.0153. The second kappa shape index (κ2) is 14.6. The molecule has 0 unspecified atom stereocenters. The summed E-state index contributed by atoms with van der Waals surface area (Å²) in [6.07, 6.45) is 13.0. The molecule has 2 rings (SSSR count). The Kier molecular flexibility index (Phi) is 13.0. The minimum atomic E-state index is -1.68. The fourth-order valence-corrected chi connectivity index (χ4v) is 7.81. The molecule has 4 nitrogen and oxygen atoms in total. The van der Waals surface area contributed by atoms with E-state index in [1.807, 2.05) is 0 Å². The van der Waals surface area contributed by atoms with E-state index in [1.54, 1.807) is 0 Å². The van der Waals surface area contributed by atoms with Crippen molar-refractivity contribution in [3.05, 3.63) is 34.9 Å². The molecule has 6 atom stereocenters. The van der Waals surface area contributed by atoms with Gasteiger partial charge in [0.25, 0.3) is 0 Å². The van der Waals surface area contributed by atoms with Crippen LogP contribution < -0.4 is 0 Å². The van der Waals surface area contributed by atoms with E-state index in [-0.39, 0.29) is 23.4 Å². The third-order valence-electron chi connectivity index (χ3n) is 9.33. The summed E-state index contributed by atoms with van der Waals surface area (Å²) in [5, 5.41) is 11.1. The predicted octanol–water partition coefficient (Wildman–Crippen LogP) is 9.05. The molecule has 1 aliphatic heterocycles. The molecule has 0 aromatic carbocycles. The van der Waals surface area contributed by atoms with Crippen LogP contribution in [0.15, 0.2) is 34.9 Å². The largest absolute Gasteiger partial charge is 0.413 e. The number of fused-ring (bicyclic) bond motifs is 1. The molecule has 39 heavy (non-hydrogen) atoms. The van der Waals surface area contributed by atoms with Gasteiger partial charge in [0.1, 0.15) is 0 Å². The Morgan fingerprint density at radius 1 is 1.00 bits per heavy atom. The van der Waals surface area contributed by atoms with Crippen LogP contribution >= 0.6 is 0 Å². The number of hydrogen-bond donors (Lipinski definition) is 1. The van der Waals surface area contributed by atoms with Gasteiger partial charge in [0.2, 0.25) is 0 Å². The minimum Gasteiger partial charge on any atom is -0.413 e. The molecule has 1 saturated heterocycles. The molecular weight excluding hydrogens is 517 g/mol. The monoisotopic (exact) mass is 578 g/mol. The van der Waals surface area contributed by atoms with E-state index in [0.717, 1.165) is 57.3 Å². The number of rotatable bonds is 14. The molecule has 1 N–H and O–H groups in total. The Morgan fingerprint density at radius 2 is 1.64 bits per heavy atom. The van der Waals surface area contributed by atoms with Gasteiger partial charge in [0, 0.05) is 0 Å². The van der Waals surface area contributed by atoms with Gasteiger partial charge in [0.05, 0.1) is 31.5 Å². The van der Waals surface area contributed by atoms with Crippen LogP contribution in [0.2, 0.25) is 37.8 Å². The summed E-state index contributed by atoms with van der Waals surface area (Å²) in [5.41, 5.74) is 3.88. The van der Waals surface area contributed by atoms with Gasteiger partial charge in [-0.05, 0) is 120 Å². The summed E-state index contributed by atoms with van der Waals surface area (Å²) in [7, 11) is -3.28. The first-order valence-electron chi connectivity index (χ1n) is 15.5. The molecule has 1 aliphatic carbocycles. The number of aliphatic hydroxyl groups excluding tert-OH is 1. The van der Waals surface area contributed by atoms with Crippen LogP contribution in [-0.4, -0.2) is 53.3 Å². The molecule has 1 saturated carbocycles. The maximum atomic E-state index is 10.9. The van der Waals surface area contributed by atoms with Gasteiger partial charge in [-0.1, -0.05) is 57.1 Å². The van der Waals surface area contributed by atoms with Crippen molar-refractivity contribution in [1.82, 2.24) is 0 Å². The summed E-state index contributed by atoms with van der Waals surface area (Å²) in [5.74, 6) is 1.75. The zero-order valence-corrected chi connectivity index (χ0v) is 29.5. The topological polar surface area (TPSA) is 47.9 Å². The molecule has 0 bridgehead atoms. The Hall–Kier alpha value is -0.506. The number of hydrogen-bond acceptors (Lipinski definition) is 4. The van der Waals surface area contributed by atoms with Gasteiger partial charge in [-0.25, -0.2) is 0 Å². The van der Waals surface area contributed by atoms with Crippen molar-refractivity contribution in [2.75, 3.05) is 13.2 Å². The van der Waals surface area contributed by atoms with Gasteiger partial charge in [-0.15, -0.1) is 0 Å². The molecule has 1 heterocycles. The molecule has 2 aliphatic rings. The Labute approximate surface area is 243 Å². The summed E-state index contributed by atoms with van der Waals surface area (Å²) < 4.78 is 19.0. The number of allylic oxidation sites excluding steroid dienone is 4. The summed E-state index contributed by atoms with van der Waals surface area (Å²) in [6.45, 7) is 28.7. The maximum Gasteiger partial charge on any atom is 0.192 e. The van der Waals surface area contributed by atoms with Crippen molar-refractivity contribution in [1.29, 1.82) is 0 Å². The standard InChI is InChI=1S/C33H62O4Si2/c1-24(14-13-15-25(2)20-21-36-39(11,12)33(5,6)7)16-19-29(34)26(3)17-18-28-22-30(37-38(8,9)10)32-31(28)27(4)23-35-32/h14,17,20,27-32,34H,13,15-16,18-19,21-23H2,1-12H3/b24-14+,25-20+,26-17+/t27-,28+,29-,30+,31-,32+/m1/s1. The molecule has 0 aromatic heterocycles. The smallest absolute Gasteiger partial charge is 0.192 e. The number of aliphatic hydroxyl groups is 1. The van der Waals surface area contributed by atoms with Crippen molar-refractivity contribution < 1.29 is 18.7 Å². The number of ether oxygens (including phenoxy) is 1. The highest BCUT2D eigenvalue weighted by molar-refractivity contribution is 6.74. The SMILES string of the molecule is C/C(=C\CO[Si](C)(C)C(C)(C)C)CC/C=C(\C)CC[C@@H](O)/C(C)=C/C[C@H]1C[C@H](O[Si](C)(C)C)[C@@H]2OC[C@@H](C)[C@H]12. The zero-order chi connectivity index (χ0) is 29.6. The van der Waals surface area contributed by atoms with Gasteiger partial charge in [-0.3, -0.25) is 0 Å². The maximum absolute atomic E-state index is 10.9. The van der Waals surface area contributed by atoms with Crippen LogP contribution in [0.3, 0.4) is 0 Å². The molecule has 0 spiro atoms. The molecule has 2 fully saturated rings. The van der Waals surface area contributed by atoms with Crippen molar-refractivity contribution in [3.63, 3.8) is 0 Å². The Balaban J connectivity index is 1.77. The molecular formula is C33H62O4Si2. The molecule has 0 radical (unpaired) electrons. The minimum absolute atomic E-state index is 0.242. The zero-order valence-electron chi connectivity index (χ0n) is 27.5. The molecule has 0 aromatic rings. The fraction of sp³-hybridized carbons (Fsp3) is 0.818.